The molecule has 6 heteroatoms. The second-order valence-electron chi connectivity index (χ2n) is 6.94. The number of imide groups is 1. The zero-order valence-electron chi connectivity index (χ0n) is 14.6. The molecule has 1 aromatic carbocycles. The molecular formula is C19H25N3O3. The second kappa shape index (κ2) is 7.25. The zero-order valence-corrected chi connectivity index (χ0v) is 14.6. The van der Waals surface area contributed by atoms with Gasteiger partial charge >= 0.3 is 6.03 Å². The van der Waals surface area contributed by atoms with Gasteiger partial charge in [0, 0.05) is 6.54 Å². The lowest BCUT2D eigenvalue weighted by atomic mass is 9.85. The van der Waals surface area contributed by atoms with Crippen LogP contribution in [0.15, 0.2) is 30.3 Å². The second-order valence-corrected chi connectivity index (χ2v) is 6.94. The number of rotatable bonds is 8. The Balaban J connectivity index is 1.76. The summed E-state index contributed by atoms with van der Waals surface area (Å²) in [6, 6.07) is 8.80. The van der Waals surface area contributed by atoms with E-state index >= 15 is 0 Å². The van der Waals surface area contributed by atoms with Gasteiger partial charge in [0.05, 0.1) is 0 Å². The molecule has 1 aliphatic carbocycles. The summed E-state index contributed by atoms with van der Waals surface area (Å²) in [7, 11) is 0. The minimum Gasteiger partial charge on any atom is -0.354 e. The fraction of sp³-hybridized carbons (Fsp3) is 0.526. The van der Waals surface area contributed by atoms with Gasteiger partial charge in [0.15, 0.2) is 0 Å². The minimum absolute atomic E-state index is 0.224. The predicted molar refractivity (Wildman–Crippen MR) is 93.6 cm³/mol. The smallest absolute Gasteiger partial charge is 0.325 e. The number of nitrogens with zero attached hydrogens (tertiary/aromatic N) is 1. The fourth-order valence-corrected chi connectivity index (χ4v) is 3.22. The lowest BCUT2D eigenvalue weighted by Crippen LogP contribution is -2.45. The van der Waals surface area contributed by atoms with Crippen LogP contribution in [-0.2, 0) is 15.1 Å². The zero-order chi connectivity index (χ0) is 17.9. The first-order valence-electron chi connectivity index (χ1n) is 9.03. The Labute approximate surface area is 148 Å². The normalized spacial score (nSPS) is 22.8. The van der Waals surface area contributed by atoms with Gasteiger partial charge in [0.25, 0.3) is 5.91 Å². The van der Waals surface area contributed by atoms with Crippen LogP contribution in [0, 0.1) is 5.92 Å². The number of hydrogen-bond donors (Lipinski definition) is 2. The Bertz CT molecular complexity index is 657. The van der Waals surface area contributed by atoms with Crippen LogP contribution in [0.25, 0.3) is 0 Å². The molecule has 1 aliphatic heterocycles. The SMILES string of the molecule is CCCCC1(c2ccccc2)NC(=O)N(CC(=O)NCC2CC2)C1=O. The Morgan fingerprint density at radius 2 is 2.00 bits per heavy atom. The van der Waals surface area contributed by atoms with Crippen molar-refractivity contribution in [3.05, 3.63) is 35.9 Å². The van der Waals surface area contributed by atoms with Gasteiger partial charge in [-0.3, -0.25) is 14.5 Å². The predicted octanol–water partition coefficient (Wildman–Crippen LogP) is 2.15. The van der Waals surface area contributed by atoms with E-state index in [0.717, 1.165) is 36.1 Å². The molecule has 1 saturated carbocycles. The van der Waals surface area contributed by atoms with Gasteiger partial charge in [-0.25, -0.2) is 4.79 Å². The van der Waals surface area contributed by atoms with Crippen molar-refractivity contribution in [2.75, 3.05) is 13.1 Å². The lowest BCUT2D eigenvalue weighted by Gasteiger charge is -2.27. The van der Waals surface area contributed by atoms with Gasteiger partial charge in [-0.05, 0) is 30.7 Å². The molecule has 2 aliphatic rings. The molecule has 0 bridgehead atoms. The minimum atomic E-state index is -1.06. The number of carbonyl (C=O) groups is 3. The highest BCUT2D eigenvalue weighted by molar-refractivity contribution is 6.09. The van der Waals surface area contributed by atoms with E-state index in [4.69, 9.17) is 0 Å². The molecular weight excluding hydrogens is 318 g/mol. The van der Waals surface area contributed by atoms with E-state index in [2.05, 4.69) is 10.6 Å². The van der Waals surface area contributed by atoms with E-state index in [0.29, 0.717) is 18.9 Å². The fourth-order valence-electron chi connectivity index (χ4n) is 3.22. The largest absolute Gasteiger partial charge is 0.354 e. The highest BCUT2D eigenvalue weighted by Crippen LogP contribution is 2.34. The first-order chi connectivity index (χ1) is 12.1. The highest BCUT2D eigenvalue weighted by Gasteiger charge is 2.52. The molecule has 25 heavy (non-hydrogen) atoms. The molecule has 1 heterocycles. The lowest BCUT2D eigenvalue weighted by molar-refractivity contribution is -0.135. The summed E-state index contributed by atoms with van der Waals surface area (Å²) < 4.78 is 0. The maximum atomic E-state index is 13.1. The number of nitrogens with one attached hydrogen (secondary N) is 2. The number of unbranched alkanes of at least 4 members (excludes halogenated alkanes) is 1. The third-order valence-corrected chi connectivity index (χ3v) is 4.93. The van der Waals surface area contributed by atoms with E-state index in [-0.39, 0.29) is 18.4 Å². The van der Waals surface area contributed by atoms with E-state index in [1.54, 1.807) is 0 Å². The van der Waals surface area contributed by atoms with E-state index in [1.807, 2.05) is 37.3 Å². The molecule has 1 atom stereocenters. The topological polar surface area (TPSA) is 78.5 Å². The molecule has 0 radical (unpaired) electrons. The van der Waals surface area contributed by atoms with Crippen molar-refractivity contribution in [2.45, 2.75) is 44.6 Å². The molecule has 3 rings (SSSR count). The van der Waals surface area contributed by atoms with E-state index < -0.39 is 11.6 Å². The van der Waals surface area contributed by atoms with Crippen LogP contribution in [0.3, 0.4) is 0 Å². The summed E-state index contributed by atoms with van der Waals surface area (Å²) in [4.78, 5) is 38.7. The van der Waals surface area contributed by atoms with Gasteiger partial charge in [0.1, 0.15) is 12.1 Å². The van der Waals surface area contributed by atoms with Gasteiger partial charge in [-0.2, -0.15) is 0 Å². The van der Waals surface area contributed by atoms with Gasteiger partial charge in [-0.1, -0.05) is 50.1 Å². The Hall–Kier alpha value is -2.37. The molecule has 1 unspecified atom stereocenters. The standard InChI is InChI=1S/C19H25N3O3/c1-2-3-11-19(15-7-5-4-6-8-15)17(24)22(18(25)21-19)13-16(23)20-12-14-9-10-14/h4-8,14H,2-3,9-13H2,1H3,(H,20,23)(H,21,25). The monoisotopic (exact) mass is 343 g/mol. The third kappa shape index (κ3) is 3.67. The number of urea groups is 1. The summed E-state index contributed by atoms with van der Waals surface area (Å²) in [6.45, 7) is 2.45. The van der Waals surface area contributed by atoms with Crippen molar-refractivity contribution in [2.24, 2.45) is 5.92 Å². The molecule has 1 saturated heterocycles. The van der Waals surface area contributed by atoms with Crippen LogP contribution >= 0.6 is 0 Å². The third-order valence-electron chi connectivity index (χ3n) is 4.93. The van der Waals surface area contributed by atoms with Crippen molar-refractivity contribution in [1.82, 2.24) is 15.5 Å². The quantitative estimate of drug-likeness (QED) is 0.710. The molecule has 134 valence electrons. The van der Waals surface area contributed by atoms with Crippen LogP contribution in [0.5, 0.6) is 0 Å². The molecule has 4 amide bonds. The summed E-state index contributed by atoms with van der Waals surface area (Å²) in [6.07, 6.45) is 4.52. The Morgan fingerprint density at radius 3 is 2.64 bits per heavy atom. The first-order valence-corrected chi connectivity index (χ1v) is 9.03. The van der Waals surface area contributed by atoms with Crippen molar-refractivity contribution in [1.29, 1.82) is 0 Å². The maximum absolute atomic E-state index is 13.1. The number of benzene rings is 1. The van der Waals surface area contributed by atoms with E-state index in [1.165, 1.54) is 0 Å². The molecule has 1 aromatic rings. The number of carbonyl (C=O) groups excluding carboxylic acids is 3. The number of hydrogen-bond acceptors (Lipinski definition) is 3. The van der Waals surface area contributed by atoms with Crippen LogP contribution in [0.1, 0.15) is 44.6 Å². The molecule has 2 N–H and O–H groups in total. The van der Waals surface area contributed by atoms with Gasteiger partial charge in [0.2, 0.25) is 5.91 Å². The molecule has 0 spiro atoms. The maximum Gasteiger partial charge on any atom is 0.325 e. The summed E-state index contributed by atoms with van der Waals surface area (Å²) >= 11 is 0. The van der Waals surface area contributed by atoms with Crippen molar-refractivity contribution < 1.29 is 14.4 Å². The summed E-state index contributed by atoms with van der Waals surface area (Å²) in [5, 5.41) is 5.67. The van der Waals surface area contributed by atoms with Crippen LogP contribution in [0.2, 0.25) is 0 Å². The Kier molecular flexibility index (Phi) is 5.06. The van der Waals surface area contributed by atoms with Crippen molar-refractivity contribution in [3.63, 3.8) is 0 Å². The first kappa shape index (κ1) is 17.5. The summed E-state index contributed by atoms with van der Waals surface area (Å²) in [5.74, 6) is -0.0616. The van der Waals surface area contributed by atoms with Gasteiger partial charge in [-0.15, -0.1) is 0 Å². The highest BCUT2D eigenvalue weighted by atomic mass is 16.2. The number of amides is 4. The molecule has 2 fully saturated rings. The van der Waals surface area contributed by atoms with Crippen molar-refractivity contribution in [3.8, 4) is 0 Å². The summed E-state index contributed by atoms with van der Waals surface area (Å²) in [5.41, 5.74) is -0.298. The van der Waals surface area contributed by atoms with Crippen molar-refractivity contribution >= 4 is 17.8 Å². The van der Waals surface area contributed by atoms with E-state index in [9.17, 15) is 14.4 Å². The van der Waals surface area contributed by atoms with Crippen LogP contribution in [0.4, 0.5) is 4.79 Å². The van der Waals surface area contributed by atoms with Gasteiger partial charge < -0.3 is 10.6 Å². The molecule has 6 nitrogen and oxygen atoms in total. The molecule has 0 aromatic heterocycles. The van der Waals surface area contributed by atoms with Crippen LogP contribution < -0.4 is 10.6 Å². The average Bonchev–Trinajstić information content (AvgIpc) is 3.42. The Morgan fingerprint density at radius 1 is 1.28 bits per heavy atom. The van der Waals surface area contributed by atoms with Crippen LogP contribution in [-0.4, -0.2) is 35.8 Å². The average molecular weight is 343 g/mol.